The summed E-state index contributed by atoms with van der Waals surface area (Å²) in [6.45, 7) is 7.34. The first-order valence-electron chi connectivity index (χ1n) is 7.23. The van der Waals surface area contributed by atoms with Crippen molar-refractivity contribution in [2.24, 2.45) is 0 Å². The van der Waals surface area contributed by atoms with E-state index in [1.54, 1.807) is 0 Å². The van der Waals surface area contributed by atoms with E-state index in [1.807, 2.05) is 0 Å². The van der Waals surface area contributed by atoms with Crippen LogP contribution in [0.5, 0.6) is 5.75 Å². The Morgan fingerprint density at radius 3 is 2.80 bits per heavy atom. The number of fused-ring (bicyclic) bond motifs is 1. The van der Waals surface area contributed by atoms with Crippen molar-refractivity contribution < 1.29 is 4.74 Å². The molecule has 1 N–H and O–H groups in total. The van der Waals surface area contributed by atoms with E-state index in [2.05, 4.69) is 62.5 Å². The predicted molar refractivity (Wildman–Crippen MR) is 83.6 cm³/mol. The smallest absolute Gasteiger partial charge is 0.122 e. The van der Waals surface area contributed by atoms with Crippen molar-refractivity contribution in [1.29, 1.82) is 0 Å². The molecule has 2 aromatic carbocycles. The SMILES string of the molecule is Cc1ccc(C)c(C(C)Nc2ccc3c(c2)CCO3)c1. The molecule has 0 spiro atoms. The number of rotatable bonds is 3. The topological polar surface area (TPSA) is 21.3 Å². The molecule has 20 heavy (non-hydrogen) atoms. The molecule has 0 saturated heterocycles. The number of benzene rings is 2. The molecule has 104 valence electrons. The van der Waals surface area contributed by atoms with Crippen LogP contribution in [0.3, 0.4) is 0 Å². The summed E-state index contributed by atoms with van der Waals surface area (Å²) in [5, 5.41) is 3.60. The third-order valence-electron chi connectivity index (χ3n) is 3.97. The van der Waals surface area contributed by atoms with Gasteiger partial charge in [-0.1, -0.05) is 23.8 Å². The van der Waals surface area contributed by atoms with Crippen molar-refractivity contribution in [3.05, 3.63) is 58.7 Å². The molecule has 0 bridgehead atoms. The molecule has 1 unspecified atom stereocenters. The van der Waals surface area contributed by atoms with Gasteiger partial charge in [0.1, 0.15) is 5.75 Å². The Kier molecular flexibility index (Phi) is 3.39. The Hall–Kier alpha value is -1.96. The maximum atomic E-state index is 5.55. The second-order valence-corrected chi connectivity index (χ2v) is 5.65. The molecule has 0 amide bonds. The molecule has 1 aliphatic heterocycles. The van der Waals surface area contributed by atoms with Gasteiger partial charge in [0.15, 0.2) is 0 Å². The van der Waals surface area contributed by atoms with Crippen LogP contribution in [-0.4, -0.2) is 6.61 Å². The van der Waals surface area contributed by atoms with Gasteiger partial charge in [-0.15, -0.1) is 0 Å². The van der Waals surface area contributed by atoms with Crippen molar-refractivity contribution in [3.8, 4) is 5.75 Å². The van der Waals surface area contributed by atoms with E-state index in [1.165, 1.54) is 27.9 Å². The zero-order valence-electron chi connectivity index (χ0n) is 12.4. The van der Waals surface area contributed by atoms with Crippen molar-refractivity contribution >= 4 is 5.69 Å². The van der Waals surface area contributed by atoms with Crippen LogP contribution in [0.15, 0.2) is 36.4 Å². The minimum atomic E-state index is 0.301. The lowest BCUT2D eigenvalue weighted by molar-refractivity contribution is 0.357. The average Bonchev–Trinajstić information content (AvgIpc) is 2.89. The Morgan fingerprint density at radius 1 is 1.10 bits per heavy atom. The molecule has 0 aliphatic carbocycles. The van der Waals surface area contributed by atoms with Crippen LogP contribution in [0.2, 0.25) is 0 Å². The minimum Gasteiger partial charge on any atom is -0.493 e. The van der Waals surface area contributed by atoms with Gasteiger partial charge in [0, 0.05) is 18.2 Å². The first kappa shape index (κ1) is 13.0. The summed E-state index contributed by atoms with van der Waals surface area (Å²) in [5.41, 5.74) is 6.48. The molecule has 0 saturated carbocycles. The van der Waals surface area contributed by atoms with Gasteiger partial charge < -0.3 is 10.1 Å². The van der Waals surface area contributed by atoms with Gasteiger partial charge in [0.2, 0.25) is 0 Å². The van der Waals surface area contributed by atoms with Crippen LogP contribution in [0.1, 0.15) is 35.2 Å². The fraction of sp³-hybridized carbons (Fsp3) is 0.333. The first-order chi connectivity index (χ1) is 9.63. The summed E-state index contributed by atoms with van der Waals surface area (Å²) >= 11 is 0. The molecule has 1 aliphatic rings. The van der Waals surface area contributed by atoms with E-state index in [9.17, 15) is 0 Å². The lowest BCUT2D eigenvalue weighted by Crippen LogP contribution is -2.08. The van der Waals surface area contributed by atoms with Crippen LogP contribution in [0, 0.1) is 13.8 Å². The Balaban J connectivity index is 1.82. The number of ether oxygens (including phenoxy) is 1. The Bertz CT molecular complexity index is 633. The van der Waals surface area contributed by atoms with Gasteiger partial charge in [-0.2, -0.15) is 0 Å². The number of hydrogen-bond donors (Lipinski definition) is 1. The van der Waals surface area contributed by atoms with Gasteiger partial charge in [-0.25, -0.2) is 0 Å². The quantitative estimate of drug-likeness (QED) is 0.889. The van der Waals surface area contributed by atoms with E-state index in [-0.39, 0.29) is 0 Å². The van der Waals surface area contributed by atoms with Crippen molar-refractivity contribution in [2.75, 3.05) is 11.9 Å². The lowest BCUT2D eigenvalue weighted by Gasteiger charge is -2.19. The second kappa shape index (κ2) is 5.20. The molecule has 0 fully saturated rings. The Morgan fingerprint density at radius 2 is 1.95 bits per heavy atom. The molecule has 2 nitrogen and oxygen atoms in total. The highest BCUT2D eigenvalue weighted by Gasteiger charge is 2.14. The maximum absolute atomic E-state index is 5.55. The number of nitrogens with one attached hydrogen (secondary N) is 1. The van der Waals surface area contributed by atoms with Crippen LogP contribution < -0.4 is 10.1 Å². The maximum Gasteiger partial charge on any atom is 0.122 e. The second-order valence-electron chi connectivity index (χ2n) is 5.65. The summed E-state index contributed by atoms with van der Waals surface area (Å²) in [7, 11) is 0. The van der Waals surface area contributed by atoms with Crippen molar-refractivity contribution in [1.82, 2.24) is 0 Å². The van der Waals surface area contributed by atoms with Crippen molar-refractivity contribution in [2.45, 2.75) is 33.2 Å². The summed E-state index contributed by atoms with van der Waals surface area (Å²) in [6, 6.07) is 13.3. The number of hydrogen-bond acceptors (Lipinski definition) is 2. The van der Waals surface area contributed by atoms with Gasteiger partial charge in [0.05, 0.1) is 6.61 Å². The third kappa shape index (κ3) is 2.51. The molecule has 0 radical (unpaired) electrons. The van der Waals surface area contributed by atoms with Gasteiger partial charge in [-0.3, -0.25) is 0 Å². The van der Waals surface area contributed by atoms with Crippen LogP contribution in [0.25, 0.3) is 0 Å². The summed E-state index contributed by atoms with van der Waals surface area (Å²) in [4.78, 5) is 0. The number of anilines is 1. The van der Waals surface area contributed by atoms with E-state index < -0.39 is 0 Å². The molecule has 2 aromatic rings. The molecular formula is C18H21NO. The largest absolute Gasteiger partial charge is 0.493 e. The number of aryl methyl sites for hydroxylation is 2. The molecule has 1 heterocycles. The standard InChI is InChI=1S/C18H21NO/c1-12-4-5-13(2)17(10-12)14(3)19-16-6-7-18-15(11-16)8-9-20-18/h4-7,10-11,14,19H,8-9H2,1-3H3. The van der Waals surface area contributed by atoms with Gasteiger partial charge >= 0.3 is 0 Å². The van der Waals surface area contributed by atoms with Crippen LogP contribution >= 0.6 is 0 Å². The Labute approximate surface area is 120 Å². The van der Waals surface area contributed by atoms with E-state index in [0.29, 0.717) is 6.04 Å². The third-order valence-corrected chi connectivity index (χ3v) is 3.97. The fourth-order valence-electron chi connectivity index (χ4n) is 2.83. The highest BCUT2D eigenvalue weighted by Crippen LogP contribution is 2.30. The normalized spacial score (nSPS) is 14.6. The average molecular weight is 267 g/mol. The molecule has 1 atom stereocenters. The summed E-state index contributed by atoms with van der Waals surface area (Å²) < 4.78 is 5.55. The molecule has 3 rings (SSSR count). The van der Waals surface area contributed by atoms with E-state index in [4.69, 9.17) is 4.74 Å². The predicted octanol–water partition coefficient (Wildman–Crippen LogP) is 4.41. The summed E-state index contributed by atoms with van der Waals surface area (Å²) in [6.07, 6.45) is 1.02. The highest BCUT2D eigenvalue weighted by molar-refractivity contribution is 5.54. The highest BCUT2D eigenvalue weighted by atomic mass is 16.5. The summed E-state index contributed by atoms with van der Waals surface area (Å²) in [5.74, 6) is 1.04. The molecule has 2 heteroatoms. The molecular weight excluding hydrogens is 246 g/mol. The monoisotopic (exact) mass is 267 g/mol. The van der Waals surface area contributed by atoms with E-state index in [0.717, 1.165) is 18.8 Å². The van der Waals surface area contributed by atoms with Crippen molar-refractivity contribution in [3.63, 3.8) is 0 Å². The minimum absolute atomic E-state index is 0.301. The van der Waals surface area contributed by atoms with Crippen LogP contribution in [-0.2, 0) is 6.42 Å². The zero-order valence-corrected chi connectivity index (χ0v) is 12.4. The first-order valence-corrected chi connectivity index (χ1v) is 7.23. The van der Waals surface area contributed by atoms with Gasteiger partial charge in [0.25, 0.3) is 0 Å². The fourth-order valence-corrected chi connectivity index (χ4v) is 2.83. The molecule has 0 aromatic heterocycles. The van der Waals surface area contributed by atoms with E-state index >= 15 is 0 Å². The lowest BCUT2D eigenvalue weighted by atomic mass is 9.99. The zero-order chi connectivity index (χ0) is 14.1. The van der Waals surface area contributed by atoms with Gasteiger partial charge in [-0.05, 0) is 55.7 Å². The van der Waals surface area contributed by atoms with Crippen LogP contribution in [0.4, 0.5) is 5.69 Å².